The van der Waals surface area contributed by atoms with Gasteiger partial charge in [0.2, 0.25) is 0 Å². The first-order valence-electron chi connectivity index (χ1n) is 7.47. The molecule has 0 saturated heterocycles. The highest BCUT2D eigenvalue weighted by Gasteiger charge is 2.33. The molecule has 1 aromatic heterocycles. The lowest BCUT2D eigenvalue weighted by Crippen LogP contribution is -2.39. The van der Waals surface area contributed by atoms with E-state index in [-0.39, 0.29) is 24.0 Å². The Hall–Kier alpha value is -1.07. The Balaban J connectivity index is 0.00000338. The van der Waals surface area contributed by atoms with E-state index in [1.807, 2.05) is 30.1 Å². The van der Waals surface area contributed by atoms with Crippen LogP contribution in [-0.2, 0) is 19.1 Å². The van der Waals surface area contributed by atoms with Crippen molar-refractivity contribution in [1.29, 1.82) is 0 Å². The van der Waals surface area contributed by atoms with Crippen LogP contribution in [0.2, 0.25) is 5.02 Å². The molecule has 0 atom stereocenters. The number of alkyl halides is 3. The second kappa shape index (κ2) is 10.3. The van der Waals surface area contributed by atoms with Crippen LogP contribution in [0.4, 0.5) is 13.2 Å². The largest absolute Gasteiger partial charge is 0.434 e. The Morgan fingerprint density at radius 2 is 2.12 bits per heavy atom. The van der Waals surface area contributed by atoms with E-state index in [9.17, 15) is 13.2 Å². The number of halogens is 5. The molecule has 26 heavy (non-hydrogen) atoms. The van der Waals surface area contributed by atoms with Crippen LogP contribution in [0.3, 0.4) is 0 Å². The van der Waals surface area contributed by atoms with Gasteiger partial charge in [-0.2, -0.15) is 13.2 Å². The maximum atomic E-state index is 12.5. The maximum Gasteiger partial charge on any atom is 0.434 e. The first-order chi connectivity index (χ1) is 11.8. The van der Waals surface area contributed by atoms with Crippen LogP contribution >= 0.6 is 46.9 Å². The molecule has 0 saturated carbocycles. The van der Waals surface area contributed by atoms with Gasteiger partial charge in [0.05, 0.1) is 5.01 Å². The first-order valence-corrected chi connectivity index (χ1v) is 8.73. The third kappa shape index (κ3) is 6.92. The molecule has 2 rings (SSSR count). The molecule has 0 amide bonds. The summed E-state index contributed by atoms with van der Waals surface area (Å²) in [5.41, 5.74) is 0.197. The van der Waals surface area contributed by atoms with Gasteiger partial charge in [-0.05, 0) is 17.7 Å². The number of nitrogens with one attached hydrogen (secondary N) is 1. The van der Waals surface area contributed by atoms with E-state index in [0.717, 1.165) is 22.3 Å². The van der Waals surface area contributed by atoms with Crippen LogP contribution < -0.4 is 5.32 Å². The lowest BCUT2D eigenvalue weighted by Gasteiger charge is -2.22. The average Bonchev–Trinajstić information content (AvgIpc) is 3.00. The minimum atomic E-state index is -4.39. The van der Waals surface area contributed by atoms with Crippen molar-refractivity contribution in [2.24, 2.45) is 4.99 Å². The maximum absolute atomic E-state index is 12.5. The number of rotatable bonds is 5. The van der Waals surface area contributed by atoms with Gasteiger partial charge in [0.1, 0.15) is 0 Å². The standard InChI is InChI=1S/C16H18ClF3N4S.HI/c1-21-15(24(2)9-11-4-3-5-12(17)8-11)22-7-6-14-23-13(10-25-14)16(18,19)20;/h3-5,8,10H,6-7,9H2,1-2H3,(H,21,22);1H. The summed E-state index contributed by atoms with van der Waals surface area (Å²) in [7, 11) is 3.53. The topological polar surface area (TPSA) is 40.5 Å². The smallest absolute Gasteiger partial charge is 0.356 e. The number of aromatic nitrogens is 1. The highest BCUT2D eigenvalue weighted by Crippen LogP contribution is 2.30. The number of benzene rings is 1. The van der Waals surface area contributed by atoms with Crippen molar-refractivity contribution in [1.82, 2.24) is 15.2 Å². The van der Waals surface area contributed by atoms with Crippen LogP contribution in [0.15, 0.2) is 34.6 Å². The molecule has 0 spiro atoms. The van der Waals surface area contributed by atoms with Crippen molar-refractivity contribution in [2.75, 3.05) is 20.6 Å². The van der Waals surface area contributed by atoms with Gasteiger partial charge in [-0.1, -0.05) is 23.7 Å². The number of hydrogen-bond acceptors (Lipinski definition) is 3. The SMILES string of the molecule is CN=C(NCCc1nc(C(F)(F)F)cs1)N(C)Cc1cccc(Cl)c1.I. The molecule has 0 radical (unpaired) electrons. The van der Waals surface area contributed by atoms with Gasteiger partial charge in [0.15, 0.2) is 11.7 Å². The van der Waals surface area contributed by atoms with E-state index >= 15 is 0 Å². The second-order valence-corrected chi connectivity index (χ2v) is 6.71. The molecule has 1 heterocycles. The second-order valence-electron chi connectivity index (χ2n) is 5.33. The van der Waals surface area contributed by atoms with Gasteiger partial charge in [0, 0.05) is 44.0 Å². The van der Waals surface area contributed by atoms with Crippen molar-refractivity contribution in [2.45, 2.75) is 19.1 Å². The molecule has 1 N–H and O–H groups in total. The fourth-order valence-corrected chi connectivity index (χ4v) is 3.22. The Morgan fingerprint density at radius 3 is 2.69 bits per heavy atom. The molecule has 2 aromatic rings. The fourth-order valence-electron chi connectivity index (χ4n) is 2.21. The third-order valence-corrected chi connectivity index (χ3v) is 4.49. The zero-order chi connectivity index (χ0) is 18.4. The van der Waals surface area contributed by atoms with E-state index in [1.54, 1.807) is 13.1 Å². The van der Waals surface area contributed by atoms with Gasteiger partial charge in [-0.3, -0.25) is 4.99 Å². The fraction of sp³-hybridized carbons (Fsp3) is 0.375. The quantitative estimate of drug-likeness (QED) is 0.355. The Morgan fingerprint density at radius 1 is 1.38 bits per heavy atom. The summed E-state index contributed by atoms with van der Waals surface area (Å²) in [4.78, 5) is 9.71. The molecule has 0 bridgehead atoms. The van der Waals surface area contributed by atoms with E-state index < -0.39 is 11.9 Å². The number of aliphatic imine (C=N–C) groups is 1. The Bertz CT molecular complexity index is 736. The summed E-state index contributed by atoms with van der Waals surface area (Å²) in [5, 5.41) is 5.27. The van der Waals surface area contributed by atoms with Crippen molar-refractivity contribution >= 4 is 52.9 Å². The van der Waals surface area contributed by atoms with Gasteiger partial charge in [-0.25, -0.2) is 4.98 Å². The van der Waals surface area contributed by atoms with Crippen LogP contribution in [0.25, 0.3) is 0 Å². The van der Waals surface area contributed by atoms with Crippen molar-refractivity contribution < 1.29 is 13.2 Å². The molecule has 1 aromatic carbocycles. The minimum Gasteiger partial charge on any atom is -0.356 e. The lowest BCUT2D eigenvalue weighted by atomic mass is 10.2. The van der Waals surface area contributed by atoms with Gasteiger partial charge >= 0.3 is 6.18 Å². The molecule has 0 fully saturated rings. The first kappa shape index (κ1) is 23.0. The molecule has 0 unspecified atom stereocenters. The number of thiazole rings is 1. The van der Waals surface area contributed by atoms with Crippen LogP contribution in [0.5, 0.6) is 0 Å². The highest BCUT2D eigenvalue weighted by molar-refractivity contribution is 14.0. The molecule has 10 heteroatoms. The summed E-state index contributed by atoms with van der Waals surface area (Å²) in [6.45, 7) is 1.05. The lowest BCUT2D eigenvalue weighted by molar-refractivity contribution is -0.140. The summed E-state index contributed by atoms with van der Waals surface area (Å²) in [5.74, 6) is 0.646. The molecular weight excluding hydrogens is 500 g/mol. The van der Waals surface area contributed by atoms with Crippen LogP contribution in [-0.4, -0.2) is 36.5 Å². The van der Waals surface area contributed by atoms with Gasteiger partial charge in [0.25, 0.3) is 0 Å². The number of guanidine groups is 1. The highest BCUT2D eigenvalue weighted by atomic mass is 127. The van der Waals surface area contributed by atoms with Crippen LogP contribution in [0, 0.1) is 0 Å². The zero-order valence-corrected chi connectivity index (χ0v) is 18.1. The minimum absolute atomic E-state index is 0. The van der Waals surface area contributed by atoms with E-state index in [0.29, 0.717) is 35.5 Å². The van der Waals surface area contributed by atoms with E-state index in [1.165, 1.54) is 0 Å². The van der Waals surface area contributed by atoms with Crippen molar-refractivity contribution in [3.05, 3.63) is 50.9 Å². The monoisotopic (exact) mass is 518 g/mol. The Kier molecular flexibility index (Phi) is 9.11. The van der Waals surface area contributed by atoms with Gasteiger partial charge in [-0.15, -0.1) is 35.3 Å². The van der Waals surface area contributed by atoms with Crippen molar-refractivity contribution in [3.63, 3.8) is 0 Å². The summed E-state index contributed by atoms with van der Waals surface area (Å²) in [6, 6.07) is 7.52. The third-order valence-electron chi connectivity index (χ3n) is 3.35. The normalized spacial score (nSPS) is 11.8. The van der Waals surface area contributed by atoms with Gasteiger partial charge < -0.3 is 10.2 Å². The predicted molar refractivity (Wildman–Crippen MR) is 111 cm³/mol. The molecule has 0 aliphatic rings. The molecule has 0 aliphatic carbocycles. The summed E-state index contributed by atoms with van der Waals surface area (Å²) >= 11 is 6.99. The number of nitrogens with zero attached hydrogens (tertiary/aromatic N) is 3. The van der Waals surface area contributed by atoms with Crippen LogP contribution in [0.1, 0.15) is 16.3 Å². The molecular formula is C16H19ClF3IN4S. The summed E-state index contributed by atoms with van der Waals surface area (Å²) in [6.07, 6.45) is -4.00. The van der Waals surface area contributed by atoms with E-state index in [2.05, 4.69) is 15.3 Å². The zero-order valence-electron chi connectivity index (χ0n) is 14.2. The molecule has 0 aliphatic heterocycles. The van der Waals surface area contributed by atoms with E-state index in [4.69, 9.17) is 11.6 Å². The molecule has 4 nitrogen and oxygen atoms in total. The van der Waals surface area contributed by atoms with Crippen molar-refractivity contribution in [3.8, 4) is 0 Å². The molecule has 144 valence electrons. The predicted octanol–water partition coefficient (Wildman–Crippen LogP) is 4.68. The number of hydrogen-bond donors (Lipinski definition) is 1. The Labute approximate surface area is 176 Å². The average molecular weight is 519 g/mol. The summed E-state index contributed by atoms with van der Waals surface area (Å²) < 4.78 is 37.6.